The summed E-state index contributed by atoms with van der Waals surface area (Å²) in [6, 6.07) is 0.204. The number of carbonyl (C=O) groups excluding carboxylic acids is 1. The van der Waals surface area contributed by atoms with Gasteiger partial charge in [-0.15, -0.1) is 0 Å². The Morgan fingerprint density at radius 3 is 2.81 bits per heavy atom. The van der Waals surface area contributed by atoms with Crippen LogP contribution >= 0.6 is 0 Å². The molecular formula is C11H23N3O2. The number of hydrogen-bond donors (Lipinski definition) is 2. The minimum atomic E-state index is -0.153. The molecule has 1 aliphatic heterocycles. The molecule has 0 aromatic carbocycles. The molecule has 0 spiro atoms. The van der Waals surface area contributed by atoms with Crippen LogP contribution in [0.5, 0.6) is 0 Å². The topological polar surface area (TPSA) is 53.6 Å². The highest BCUT2D eigenvalue weighted by Gasteiger charge is 2.36. The number of esters is 1. The van der Waals surface area contributed by atoms with Crippen molar-refractivity contribution in [1.29, 1.82) is 0 Å². The van der Waals surface area contributed by atoms with Gasteiger partial charge in [0.05, 0.1) is 6.61 Å². The minimum absolute atomic E-state index is 0.111. The molecule has 2 atom stereocenters. The van der Waals surface area contributed by atoms with Gasteiger partial charge in [0.25, 0.3) is 0 Å². The lowest BCUT2D eigenvalue weighted by atomic mass is 10.2. The average Bonchev–Trinajstić information content (AvgIpc) is 2.72. The van der Waals surface area contributed by atoms with Crippen LogP contribution in [0.1, 0.15) is 26.2 Å². The van der Waals surface area contributed by atoms with Crippen LogP contribution in [0.15, 0.2) is 0 Å². The SMILES string of the molecule is CCCCOC(=O)[C@@H]1C[C@H](NC)CN1NC. The van der Waals surface area contributed by atoms with E-state index in [0.717, 1.165) is 25.8 Å². The fraction of sp³-hybridized carbons (Fsp3) is 0.909. The molecule has 1 aliphatic rings. The van der Waals surface area contributed by atoms with E-state index in [1.807, 2.05) is 19.1 Å². The Kier molecular flexibility index (Phi) is 5.73. The van der Waals surface area contributed by atoms with Gasteiger partial charge in [-0.2, -0.15) is 0 Å². The molecule has 1 rings (SSSR count). The molecule has 0 bridgehead atoms. The largest absolute Gasteiger partial charge is 0.464 e. The highest BCUT2D eigenvalue weighted by Crippen LogP contribution is 2.16. The molecule has 1 heterocycles. The van der Waals surface area contributed by atoms with Crippen molar-refractivity contribution in [3.05, 3.63) is 0 Å². The van der Waals surface area contributed by atoms with Gasteiger partial charge in [-0.25, -0.2) is 5.01 Å². The van der Waals surface area contributed by atoms with E-state index in [-0.39, 0.29) is 12.0 Å². The van der Waals surface area contributed by atoms with Crippen molar-refractivity contribution in [3.63, 3.8) is 0 Å². The van der Waals surface area contributed by atoms with Gasteiger partial charge in [-0.3, -0.25) is 10.2 Å². The van der Waals surface area contributed by atoms with Crippen LogP contribution in [0.3, 0.4) is 0 Å². The number of rotatable bonds is 6. The van der Waals surface area contributed by atoms with Crippen molar-refractivity contribution >= 4 is 5.97 Å². The maximum atomic E-state index is 11.8. The summed E-state index contributed by atoms with van der Waals surface area (Å²) in [6.07, 6.45) is 2.79. The van der Waals surface area contributed by atoms with Crippen molar-refractivity contribution in [2.45, 2.75) is 38.3 Å². The van der Waals surface area contributed by atoms with Gasteiger partial charge >= 0.3 is 5.97 Å². The van der Waals surface area contributed by atoms with Crippen LogP contribution in [0.2, 0.25) is 0 Å². The summed E-state index contributed by atoms with van der Waals surface area (Å²) >= 11 is 0. The van der Waals surface area contributed by atoms with E-state index in [9.17, 15) is 4.79 Å². The maximum Gasteiger partial charge on any atom is 0.324 e. The zero-order valence-corrected chi connectivity index (χ0v) is 10.5. The zero-order valence-electron chi connectivity index (χ0n) is 10.5. The van der Waals surface area contributed by atoms with Crippen LogP contribution in [0.4, 0.5) is 0 Å². The molecular weight excluding hydrogens is 206 g/mol. The van der Waals surface area contributed by atoms with Crippen molar-refractivity contribution in [2.24, 2.45) is 0 Å². The Morgan fingerprint density at radius 2 is 2.25 bits per heavy atom. The summed E-state index contributed by atoms with van der Waals surface area (Å²) in [5.74, 6) is -0.111. The van der Waals surface area contributed by atoms with Crippen LogP contribution < -0.4 is 10.7 Å². The monoisotopic (exact) mass is 229 g/mol. The number of ether oxygens (including phenoxy) is 1. The van der Waals surface area contributed by atoms with Crippen molar-refractivity contribution in [1.82, 2.24) is 15.8 Å². The summed E-state index contributed by atoms with van der Waals surface area (Å²) in [6.45, 7) is 3.45. The van der Waals surface area contributed by atoms with E-state index in [4.69, 9.17) is 4.74 Å². The third kappa shape index (κ3) is 3.43. The van der Waals surface area contributed by atoms with Gasteiger partial charge < -0.3 is 10.1 Å². The normalized spacial score (nSPS) is 25.9. The van der Waals surface area contributed by atoms with Gasteiger partial charge in [0, 0.05) is 12.6 Å². The smallest absolute Gasteiger partial charge is 0.324 e. The predicted octanol–water partition coefficient (Wildman–Crippen LogP) is 0.126. The molecule has 94 valence electrons. The number of nitrogens with one attached hydrogen (secondary N) is 2. The Hall–Kier alpha value is -0.650. The van der Waals surface area contributed by atoms with Gasteiger partial charge in [-0.05, 0) is 26.9 Å². The molecule has 5 heteroatoms. The van der Waals surface area contributed by atoms with E-state index in [1.54, 1.807) is 0 Å². The molecule has 0 aromatic rings. The first-order valence-corrected chi connectivity index (χ1v) is 6.00. The second kappa shape index (κ2) is 6.83. The minimum Gasteiger partial charge on any atom is -0.464 e. The summed E-state index contributed by atoms with van der Waals surface area (Å²) in [4.78, 5) is 11.8. The van der Waals surface area contributed by atoms with Gasteiger partial charge in [-0.1, -0.05) is 13.3 Å². The number of unbranched alkanes of at least 4 members (excludes halogenated alkanes) is 1. The van der Waals surface area contributed by atoms with E-state index in [0.29, 0.717) is 12.6 Å². The van der Waals surface area contributed by atoms with E-state index in [1.165, 1.54) is 0 Å². The van der Waals surface area contributed by atoms with Gasteiger partial charge in [0.15, 0.2) is 0 Å². The van der Waals surface area contributed by atoms with Gasteiger partial charge in [0.1, 0.15) is 6.04 Å². The van der Waals surface area contributed by atoms with Crippen molar-refractivity contribution in [2.75, 3.05) is 27.2 Å². The van der Waals surface area contributed by atoms with Gasteiger partial charge in [0.2, 0.25) is 0 Å². The average molecular weight is 229 g/mol. The lowest BCUT2D eigenvalue weighted by molar-refractivity contribution is -0.150. The molecule has 16 heavy (non-hydrogen) atoms. The van der Waals surface area contributed by atoms with Crippen molar-refractivity contribution < 1.29 is 9.53 Å². The molecule has 1 fully saturated rings. The number of nitrogens with zero attached hydrogens (tertiary/aromatic N) is 1. The van der Waals surface area contributed by atoms with E-state index in [2.05, 4.69) is 17.7 Å². The zero-order chi connectivity index (χ0) is 12.0. The first kappa shape index (κ1) is 13.4. The fourth-order valence-corrected chi connectivity index (χ4v) is 1.93. The highest BCUT2D eigenvalue weighted by atomic mass is 16.5. The third-order valence-corrected chi connectivity index (χ3v) is 3.01. The van der Waals surface area contributed by atoms with Crippen LogP contribution in [0.25, 0.3) is 0 Å². The summed E-state index contributed by atoms with van der Waals surface area (Å²) in [7, 11) is 3.76. The lowest BCUT2D eigenvalue weighted by Gasteiger charge is -2.21. The third-order valence-electron chi connectivity index (χ3n) is 3.01. The molecule has 0 radical (unpaired) electrons. The fourth-order valence-electron chi connectivity index (χ4n) is 1.93. The van der Waals surface area contributed by atoms with Crippen molar-refractivity contribution in [3.8, 4) is 0 Å². The Bertz CT molecular complexity index is 223. The van der Waals surface area contributed by atoms with Crippen LogP contribution in [-0.4, -0.2) is 50.3 Å². The molecule has 0 aliphatic carbocycles. The predicted molar refractivity (Wildman–Crippen MR) is 62.9 cm³/mol. The molecule has 0 amide bonds. The molecule has 2 N–H and O–H groups in total. The summed E-state index contributed by atoms with van der Waals surface area (Å²) in [5, 5.41) is 5.13. The standard InChI is InChI=1S/C11H23N3O2/c1-4-5-6-16-11(15)10-7-9(12-2)8-14(10)13-3/h9-10,12-13H,4-8H2,1-3H3/t9-,10-/m0/s1. The number of likely N-dealkylation sites (N-methyl/N-ethyl adjacent to an activating group) is 1. The van der Waals surface area contributed by atoms with Crippen LogP contribution in [-0.2, 0) is 9.53 Å². The van der Waals surface area contributed by atoms with E-state index < -0.39 is 0 Å². The summed E-state index contributed by atoms with van der Waals surface area (Å²) < 4.78 is 5.24. The Morgan fingerprint density at radius 1 is 1.50 bits per heavy atom. The second-order valence-corrected chi connectivity index (χ2v) is 4.13. The highest BCUT2D eigenvalue weighted by molar-refractivity contribution is 5.76. The molecule has 0 saturated carbocycles. The first-order valence-electron chi connectivity index (χ1n) is 6.00. The number of hydrogen-bond acceptors (Lipinski definition) is 5. The second-order valence-electron chi connectivity index (χ2n) is 4.13. The lowest BCUT2D eigenvalue weighted by Crippen LogP contribution is -2.44. The number of carbonyl (C=O) groups is 1. The first-order chi connectivity index (χ1) is 7.72. The molecule has 5 nitrogen and oxygen atoms in total. The quantitative estimate of drug-likeness (QED) is 0.501. The maximum absolute atomic E-state index is 11.8. The molecule has 0 unspecified atom stereocenters. The van der Waals surface area contributed by atoms with E-state index >= 15 is 0 Å². The van der Waals surface area contributed by atoms with Crippen LogP contribution in [0, 0.1) is 0 Å². The number of hydrazine groups is 1. The molecule has 1 saturated heterocycles. The Labute approximate surface area is 97.5 Å². The summed E-state index contributed by atoms with van der Waals surface area (Å²) in [5.41, 5.74) is 3.04. The molecule has 0 aromatic heterocycles. The Balaban J connectivity index is 2.41.